The highest BCUT2D eigenvalue weighted by Crippen LogP contribution is 2.33. The lowest BCUT2D eigenvalue weighted by molar-refractivity contribution is 0.102. The highest BCUT2D eigenvalue weighted by Gasteiger charge is 2.26. The van der Waals surface area contributed by atoms with Gasteiger partial charge >= 0.3 is 0 Å². The van der Waals surface area contributed by atoms with Gasteiger partial charge in [-0.1, -0.05) is 6.92 Å². The lowest BCUT2D eigenvalue weighted by atomic mass is 10.0. The molecule has 1 fully saturated rings. The van der Waals surface area contributed by atoms with Crippen LogP contribution in [0.4, 0.5) is 16.0 Å². The Morgan fingerprint density at radius 2 is 1.94 bits per heavy atom. The molecule has 1 aliphatic rings. The molecule has 0 bridgehead atoms. The highest BCUT2D eigenvalue weighted by molar-refractivity contribution is 6.13. The molecule has 1 saturated heterocycles. The van der Waals surface area contributed by atoms with Crippen molar-refractivity contribution in [3.05, 3.63) is 41.2 Å². The van der Waals surface area contributed by atoms with Crippen LogP contribution in [0.3, 0.4) is 0 Å². The van der Waals surface area contributed by atoms with E-state index in [1.54, 1.807) is 22.4 Å². The Balaban J connectivity index is 1.47. The first kappa shape index (κ1) is 22.2. The number of rotatable bonds is 5. The molecule has 11 heteroatoms. The fraction of sp³-hybridized carbons (Fsp3) is 0.435. The number of benzene rings is 1. The number of nitrogens with zero attached hydrogens (tertiary/aromatic N) is 7. The van der Waals surface area contributed by atoms with Gasteiger partial charge in [0.25, 0.3) is 5.91 Å². The van der Waals surface area contributed by atoms with E-state index >= 15 is 4.39 Å². The standard InChI is InChI=1S/C23H28FN9O/c1-5-25-15-6-8-32(9-7-15)18-10-17(24)19(20-16(18)12-31(4)29-20)22(34)28-23-27-21-14(3)26-13(2)11-33(21)30-23/h10-12,15,25H,5-9H2,1-4H3,(H,28,30,34). The summed E-state index contributed by atoms with van der Waals surface area (Å²) in [6.07, 6.45) is 5.51. The second kappa shape index (κ2) is 8.64. The van der Waals surface area contributed by atoms with Crippen LogP contribution in [0.2, 0.25) is 0 Å². The van der Waals surface area contributed by atoms with Crippen molar-refractivity contribution in [3.8, 4) is 0 Å². The van der Waals surface area contributed by atoms with E-state index in [0.29, 0.717) is 22.9 Å². The Hall–Kier alpha value is -3.60. The van der Waals surface area contributed by atoms with Gasteiger partial charge in [-0.25, -0.2) is 8.91 Å². The Bertz CT molecular complexity index is 1380. The summed E-state index contributed by atoms with van der Waals surface area (Å²) in [5.74, 6) is -1.18. The molecule has 1 amide bonds. The largest absolute Gasteiger partial charge is 0.371 e. The third-order valence-corrected chi connectivity index (χ3v) is 6.23. The SMILES string of the molecule is CCNC1CCN(c2cc(F)c(C(=O)Nc3nc4c(C)nc(C)cn4n3)c3nn(C)cc23)CC1. The molecular formula is C23H28FN9O. The van der Waals surface area contributed by atoms with Crippen LogP contribution in [0.15, 0.2) is 18.5 Å². The van der Waals surface area contributed by atoms with Crippen LogP contribution in [0.1, 0.15) is 41.5 Å². The second-order valence-corrected chi connectivity index (χ2v) is 8.76. The van der Waals surface area contributed by atoms with E-state index in [1.807, 2.05) is 20.0 Å². The van der Waals surface area contributed by atoms with Crippen LogP contribution in [0.5, 0.6) is 0 Å². The third kappa shape index (κ3) is 3.96. The number of carbonyl (C=O) groups excluding carboxylic acids is 1. The molecule has 5 rings (SSSR count). The number of hydrogen-bond donors (Lipinski definition) is 2. The van der Waals surface area contributed by atoms with Crippen LogP contribution >= 0.6 is 0 Å². The Kier molecular flexibility index (Phi) is 5.64. The number of aryl methyl sites for hydroxylation is 3. The number of amides is 1. The average molecular weight is 466 g/mol. The summed E-state index contributed by atoms with van der Waals surface area (Å²) in [6, 6.07) is 1.92. The first-order chi connectivity index (χ1) is 16.3. The van der Waals surface area contributed by atoms with Crippen LogP contribution in [0, 0.1) is 19.7 Å². The van der Waals surface area contributed by atoms with Gasteiger partial charge in [-0.2, -0.15) is 10.1 Å². The number of fused-ring (bicyclic) bond motifs is 2. The van der Waals surface area contributed by atoms with Gasteiger partial charge in [-0.3, -0.25) is 19.8 Å². The number of carbonyl (C=O) groups is 1. The molecule has 4 heterocycles. The molecule has 0 atom stereocenters. The lowest BCUT2D eigenvalue weighted by Gasteiger charge is -2.34. The maximum Gasteiger partial charge on any atom is 0.263 e. The fourth-order valence-corrected chi connectivity index (χ4v) is 4.73. The normalized spacial score (nSPS) is 14.9. The molecule has 0 spiro atoms. The van der Waals surface area contributed by atoms with Crippen molar-refractivity contribution in [2.24, 2.45) is 7.05 Å². The monoisotopic (exact) mass is 465 g/mol. The second-order valence-electron chi connectivity index (χ2n) is 8.76. The van der Waals surface area contributed by atoms with Gasteiger partial charge < -0.3 is 10.2 Å². The number of piperidine rings is 1. The van der Waals surface area contributed by atoms with Crippen LogP contribution in [-0.4, -0.2) is 60.9 Å². The molecule has 34 heavy (non-hydrogen) atoms. The zero-order chi connectivity index (χ0) is 24.0. The quantitative estimate of drug-likeness (QED) is 0.467. The third-order valence-electron chi connectivity index (χ3n) is 6.23. The predicted octanol–water partition coefficient (Wildman–Crippen LogP) is 2.60. The minimum atomic E-state index is -0.642. The molecule has 10 nitrogen and oxygen atoms in total. The van der Waals surface area contributed by atoms with Crippen molar-refractivity contribution < 1.29 is 9.18 Å². The summed E-state index contributed by atoms with van der Waals surface area (Å²) in [4.78, 5) is 24.0. The summed E-state index contributed by atoms with van der Waals surface area (Å²) >= 11 is 0. The number of aromatic nitrogens is 6. The predicted molar refractivity (Wildman–Crippen MR) is 128 cm³/mol. The number of hydrogen-bond acceptors (Lipinski definition) is 7. The molecule has 0 aliphatic carbocycles. The van der Waals surface area contributed by atoms with E-state index < -0.39 is 11.7 Å². The fourth-order valence-electron chi connectivity index (χ4n) is 4.73. The Morgan fingerprint density at radius 3 is 2.68 bits per heavy atom. The average Bonchev–Trinajstić information content (AvgIpc) is 3.36. The molecule has 4 aromatic rings. The minimum Gasteiger partial charge on any atom is -0.371 e. The smallest absolute Gasteiger partial charge is 0.263 e. The number of halogens is 1. The van der Waals surface area contributed by atoms with Crippen molar-refractivity contribution >= 4 is 34.1 Å². The molecule has 2 N–H and O–H groups in total. The summed E-state index contributed by atoms with van der Waals surface area (Å²) in [5, 5.41) is 15.6. The van der Waals surface area contributed by atoms with E-state index in [4.69, 9.17) is 0 Å². The van der Waals surface area contributed by atoms with E-state index in [-0.39, 0.29) is 11.5 Å². The molecule has 178 valence electrons. The van der Waals surface area contributed by atoms with Crippen molar-refractivity contribution in [1.82, 2.24) is 34.7 Å². The molecule has 0 unspecified atom stereocenters. The molecule has 0 radical (unpaired) electrons. The Morgan fingerprint density at radius 1 is 1.18 bits per heavy atom. The molecule has 0 saturated carbocycles. The maximum absolute atomic E-state index is 15.4. The zero-order valence-electron chi connectivity index (χ0n) is 19.8. The first-order valence-corrected chi connectivity index (χ1v) is 11.5. The van der Waals surface area contributed by atoms with Crippen molar-refractivity contribution in [2.75, 3.05) is 29.9 Å². The van der Waals surface area contributed by atoms with Gasteiger partial charge in [0.05, 0.1) is 23.3 Å². The van der Waals surface area contributed by atoms with E-state index in [0.717, 1.165) is 49.2 Å². The highest BCUT2D eigenvalue weighted by atomic mass is 19.1. The van der Waals surface area contributed by atoms with Gasteiger partial charge in [0.2, 0.25) is 5.95 Å². The van der Waals surface area contributed by atoms with E-state index in [1.165, 1.54) is 6.07 Å². The van der Waals surface area contributed by atoms with Gasteiger partial charge in [0, 0.05) is 37.8 Å². The number of anilines is 2. The summed E-state index contributed by atoms with van der Waals surface area (Å²) in [5.41, 5.74) is 2.96. The van der Waals surface area contributed by atoms with Gasteiger partial charge in [-0.15, -0.1) is 5.10 Å². The van der Waals surface area contributed by atoms with Crippen molar-refractivity contribution in [1.29, 1.82) is 0 Å². The van der Waals surface area contributed by atoms with E-state index in [9.17, 15) is 4.79 Å². The summed E-state index contributed by atoms with van der Waals surface area (Å²) in [7, 11) is 1.77. The van der Waals surface area contributed by atoms with Crippen LogP contribution in [0.25, 0.3) is 16.6 Å². The minimum absolute atomic E-state index is 0.0820. The number of nitrogens with one attached hydrogen (secondary N) is 2. The molecule has 1 aromatic carbocycles. The van der Waals surface area contributed by atoms with Gasteiger partial charge in [0.15, 0.2) is 5.65 Å². The van der Waals surface area contributed by atoms with Crippen molar-refractivity contribution in [2.45, 2.75) is 39.7 Å². The molecular weight excluding hydrogens is 437 g/mol. The molecule has 3 aromatic heterocycles. The zero-order valence-corrected chi connectivity index (χ0v) is 19.8. The first-order valence-electron chi connectivity index (χ1n) is 11.5. The van der Waals surface area contributed by atoms with Gasteiger partial charge in [-0.05, 0) is 39.3 Å². The summed E-state index contributed by atoms with van der Waals surface area (Å²) < 4.78 is 18.6. The lowest BCUT2D eigenvalue weighted by Crippen LogP contribution is -2.42. The van der Waals surface area contributed by atoms with Crippen molar-refractivity contribution in [3.63, 3.8) is 0 Å². The summed E-state index contributed by atoms with van der Waals surface area (Å²) in [6.45, 7) is 8.33. The topological polar surface area (TPSA) is 105 Å². The van der Waals surface area contributed by atoms with Crippen LogP contribution in [-0.2, 0) is 7.05 Å². The maximum atomic E-state index is 15.4. The molecule has 1 aliphatic heterocycles. The van der Waals surface area contributed by atoms with Crippen LogP contribution < -0.4 is 15.5 Å². The van der Waals surface area contributed by atoms with Gasteiger partial charge in [0.1, 0.15) is 16.9 Å². The van der Waals surface area contributed by atoms with E-state index in [2.05, 4.69) is 42.6 Å². The Labute approximate surface area is 196 Å².